The number of rotatable bonds is 3. The first-order valence-electron chi connectivity index (χ1n) is 5.60. The summed E-state index contributed by atoms with van der Waals surface area (Å²) in [5.41, 5.74) is 0.467. The van der Waals surface area contributed by atoms with Gasteiger partial charge in [0.1, 0.15) is 4.47 Å². The number of amides is 1. The Kier molecular flexibility index (Phi) is 4.97. The zero-order valence-electron chi connectivity index (χ0n) is 10.3. The van der Waals surface area contributed by atoms with Gasteiger partial charge in [0, 0.05) is 6.07 Å². The van der Waals surface area contributed by atoms with Crippen molar-refractivity contribution in [2.75, 3.05) is 5.32 Å². The highest BCUT2D eigenvalue weighted by Crippen LogP contribution is 2.32. The molecule has 5 nitrogen and oxygen atoms in total. The van der Waals surface area contributed by atoms with Gasteiger partial charge in [-0.1, -0.05) is 23.7 Å². The third kappa shape index (κ3) is 3.42. The third-order valence-electron chi connectivity index (χ3n) is 2.62. The van der Waals surface area contributed by atoms with Crippen molar-refractivity contribution >= 4 is 60.7 Å². The maximum atomic E-state index is 12.2. The van der Waals surface area contributed by atoms with Crippen LogP contribution in [0.1, 0.15) is 10.4 Å². The zero-order chi connectivity index (χ0) is 15.6. The molecule has 0 heterocycles. The predicted molar refractivity (Wildman–Crippen MR) is 87.9 cm³/mol. The number of carbonyl (C=O) groups excluding carboxylic acids is 1. The average molecular weight is 434 g/mol. The average Bonchev–Trinajstić information content (AvgIpc) is 2.43. The lowest BCUT2D eigenvalue weighted by Crippen LogP contribution is -2.13. The van der Waals surface area contributed by atoms with Crippen molar-refractivity contribution in [3.8, 4) is 0 Å². The van der Waals surface area contributed by atoms with Gasteiger partial charge in [0.25, 0.3) is 11.6 Å². The van der Waals surface area contributed by atoms with Gasteiger partial charge in [0.15, 0.2) is 0 Å². The zero-order valence-corrected chi connectivity index (χ0v) is 14.2. The summed E-state index contributed by atoms with van der Waals surface area (Å²) in [6.45, 7) is 0. The highest BCUT2D eigenvalue weighted by atomic mass is 79.9. The van der Waals surface area contributed by atoms with Crippen LogP contribution in [0.3, 0.4) is 0 Å². The van der Waals surface area contributed by atoms with Crippen LogP contribution in [0.4, 0.5) is 11.4 Å². The van der Waals surface area contributed by atoms with Crippen molar-refractivity contribution < 1.29 is 9.72 Å². The summed E-state index contributed by atoms with van der Waals surface area (Å²) in [7, 11) is 0. The second-order valence-corrected chi connectivity index (χ2v) is 5.94. The van der Waals surface area contributed by atoms with Gasteiger partial charge in [0.2, 0.25) is 0 Å². The Balaban J connectivity index is 2.35. The largest absolute Gasteiger partial charge is 0.321 e. The number of nitro benzene ring substituents is 1. The van der Waals surface area contributed by atoms with E-state index in [9.17, 15) is 14.9 Å². The first kappa shape index (κ1) is 15.9. The van der Waals surface area contributed by atoms with E-state index >= 15 is 0 Å². The Bertz CT molecular complexity index is 737. The summed E-state index contributed by atoms with van der Waals surface area (Å²) < 4.78 is 0.673. The van der Waals surface area contributed by atoms with Crippen LogP contribution in [-0.2, 0) is 0 Å². The number of benzene rings is 2. The van der Waals surface area contributed by atoms with E-state index < -0.39 is 10.8 Å². The summed E-state index contributed by atoms with van der Waals surface area (Å²) in [5, 5.41) is 14.0. The summed E-state index contributed by atoms with van der Waals surface area (Å²) in [6, 6.07) is 9.28. The van der Waals surface area contributed by atoms with Gasteiger partial charge in [-0.05, 0) is 50.1 Å². The molecule has 21 heavy (non-hydrogen) atoms. The van der Waals surface area contributed by atoms with E-state index in [-0.39, 0.29) is 15.7 Å². The number of nitro groups is 1. The van der Waals surface area contributed by atoms with E-state index in [1.54, 1.807) is 18.2 Å². The molecule has 0 saturated heterocycles. The molecule has 1 amide bonds. The lowest BCUT2D eigenvalue weighted by atomic mass is 10.2. The van der Waals surface area contributed by atoms with Crippen molar-refractivity contribution in [2.24, 2.45) is 0 Å². The summed E-state index contributed by atoms with van der Waals surface area (Å²) in [4.78, 5) is 22.6. The van der Waals surface area contributed by atoms with Gasteiger partial charge in [-0.15, -0.1) is 0 Å². The summed E-state index contributed by atoms with van der Waals surface area (Å²) in [5.74, 6) is -0.478. The number of hydrogen-bond acceptors (Lipinski definition) is 3. The van der Waals surface area contributed by atoms with E-state index in [0.29, 0.717) is 15.2 Å². The second kappa shape index (κ2) is 6.55. The molecule has 2 aromatic carbocycles. The molecule has 0 aliphatic carbocycles. The molecule has 0 spiro atoms. The second-order valence-electron chi connectivity index (χ2n) is 3.95. The molecule has 1 N–H and O–H groups in total. The van der Waals surface area contributed by atoms with Crippen LogP contribution in [0.15, 0.2) is 45.3 Å². The topological polar surface area (TPSA) is 72.2 Å². The molecule has 108 valence electrons. The quantitative estimate of drug-likeness (QED) is 0.544. The Morgan fingerprint density at radius 3 is 2.48 bits per heavy atom. The Labute approximate surface area is 141 Å². The molecular formula is C13H7Br2ClN2O3. The van der Waals surface area contributed by atoms with Gasteiger partial charge in [-0.2, -0.15) is 0 Å². The van der Waals surface area contributed by atoms with Crippen molar-refractivity contribution in [2.45, 2.75) is 0 Å². The minimum Gasteiger partial charge on any atom is -0.321 e. The Morgan fingerprint density at radius 2 is 1.81 bits per heavy atom. The number of nitrogens with one attached hydrogen (secondary N) is 1. The molecule has 0 fully saturated rings. The Hall–Kier alpha value is -1.44. The molecule has 0 bridgehead atoms. The number of hydrogen-bond donors (Lipinski definition) is 1. The van der Waals surface area contributed by atoms with Crippen LogP contribution in [0.25, 0.3) is 0 Å². The molecule has 0 aliphatic heterocycles. The number of anilines is 1. The minimum absolute atomic E-state index is 0.130. The van der Waals surface area contributed by atoms with Crippen LogP contribution in [-0.4, -0.2) is 10.8 Å². The van der Waals surface area contributed by atoms with Crippen molar-refractivity contribution in [1.82, 2.24) is 0 Å². The first-order valence-corrected chi connectivity index (χ1v) is 7.56. The standard InChI is InChI=1S/C13H7Br2ClN2O3/c14-11-7(3-1-6-10(11)18(20)21)13(19)17-9-5-2-4-8(16)12(9)15/h1-6H,(H,17,19). The van der Waals surface area contributed by atoms with Crippen LogP contribution in [0.5, 0.6) is 0 Å². The van der Waals surface area contributed by atoms with Gasteiger partial charge < -0.3 is 5.32 Å². The van der Waals surface area contributed by atoms with E-state index in [2.05, 4.69) is 37.2 Å². The molecule has 0 aromatic heterocycles. The number of nitrogens with zero attached hydrogens (tertiary/aromatic N) is 1. The van der Waals surface area contributed by atoms with Crippen LogP contribution < -0.4 is 5.32 Å². The fraction of sp³-hybridized carbons (Fsp3) is 0. The van der Waals surface area contributed by atoms with E-state index in [0.717, 1.165) is 0 Å². The molecule has 0 unspecified atom stereocenters. The molecule has 0 aliphatic rings. The fourth-order valence-corrected chi connectivity index (χ4v) is 2.75. The van der Waals surface area contributed by atoms with Crippen molar-refractivity contribution in [3.63, 3.8) is 0 Å². The molecule has 2 rings (SSSR count). The van der Waals surface area contributed by atoms with E-state index in [1.807, 2.05) is 0 Å². The van der Waals surface area contributed by atoms with Crippen LogP contribution in [0.2, 0.25) is 5.02 Å². The molecular weight excluding hydrogens is 427 g/mol. The SMILES string of the molecule is O=C(Nc1cccc(Cl)c1Br)c1cccc([N+](=O)[O-])c1Br. The Morgan fingerprint density at radius 1 is 1.14 bits per heavy atom. The number of carbonyl (C=O) groups is 1. The van der Waals surface area contributed by atoms with Gasteiger partial charge >= 0.3 is 0 Å². The third-order valence-corrected chi connectivity index (χ3v) is 4.85. The maximum absolute atomic E-state index is 12.2. The highest BCUT2D eigenvalue weighted by Gasteiger charge is 2.20. The fourth-order valence-electron chi connectivity index (χ4n) is 1.63. The van der Waals surface area contributed by atoms with Crippen molar-refractivity contribution in [1.29, 1.82) is 0 Å². The van der Waals surface area contributed by atoms with Gasteiger partial charge in [0.05, 0.1) is 25.7 Å². The molecule has 0 atom stereocenters. The van der Waals surface area contributed by atoms with Crippen molar-refractivity contribution in [3.05, 3.63) is 66.0 Å². The predicted octanol–water partition coefficient (Wildman–Crippen LogP) is 5.03. The van der Waals surface area contributed by atoms with Crippen LogP contribution >= 0.6 is 43.5 Å². The maximum Gasteiger partial charge on any atom is 0.284 e. The molecule has 0 radical (unpaired) electrons. The normalized spacial score (nSPS) is 10.2. The van der Waals surface area contributed by atoms with E-state index in [1.165, 1.54) is 18.2 Å². The number of halogens is 3. The van der Waals surface area contributed by atoms with Gasteiger partial charge in [-0.3, -0.25) is 14.9 Å². The lowest BCUT2D eigenvalue weighted by Gasteiger charge is -2.09. The highest BCUT2D eigenvalue weighted by molar-refractivity contribution is 9.11. The summed E-state index contributed by atoms with van der Waals surface area (Å²) >= 11 is 12.3. The van der Waals surface area contributed by atoms with Gasteiger partial charge in [-0.25, -0.2) is 0 Å². The van der Waals surface area contributed by atoms with Crippen LogP contribution in [0, 0.1) is 10.1 Å². The van der Waals surface area contributed by atoms with E-state index in [4.69, 9.17) is 11.6 Å². The minimum atomic E-state index is -0.559. The lowest BCUT2D eigenvalue weighted by molar-refractivity contribution is -0.385. The molecule has 2 aromatic rings. The molecule has 8 heteroatoms. The summed E-state index contributed by atoms with van der Waals surface area (Å²) in [6.07, 6.45) is 0. The smallest absolute Gasteiger partial charge is 0.284 e. The first-order chi connectivity index (χ1) is 9.91. The monoisotopic (exact) mass is 432 g/mol. The molecule has 0 saturated carbocycles.